The predicted octanol–water partition coefficient (Wildman–Crippen LogP) is -0.524. The van der Waals surface area contributed by atoms with Crippen molar-refractivity contribution in [3.8, 4) is 0 Å². The van der Waals surface area contributed by atoms with Gasteiger partial charge in [0.25, 0.3) is 0 Å². The first-order valence-electron chi connectivity index (χ1n) is 7.39. The highest BCUT2D eigenvalue weighted by Crippen LogP contribution is 2.12. The number of carboxylic acid groups (broad SMARTS) is 1. The van der Waals surface area contributed by atoms with Crippen molar-refractivity contribution in [2.24, 2.45) is 5.92 Å². The molecule has 0 aromatic heterocycles. The Balaban J connectivity index is 2.34. The number of aliphatic carboxylic acids is 1. The highest BCUT2D eigenvalue weighted by atomic mass is 16.5. The SMILES string of the molecule is CC(C)C(CNC(=O)COCC(=O)O)N1CCN(C)CC1. The van der Waals surface area contributed by atoms with E-state index in [-0.39, 0.29) is 12.5 Å². The van der Waals surface area contributed by atoms with Gasteiger partial charge >= 0.3 is 5.97 Å². The van der Waals surface area contributed by atoms with Gasteiger partial charge in [0.2, 0.25) is 5.91 Å². The number of nitrogens with one attached hydrogen (secondary N) is 1. The van der Waals surface area contributed by atoms with E-state index < -0.39 is 12.6 Å². The quantitative estimate of drug-likeness (QED) is 0.627. The highest BCUT2D eigenvalue weighted by Gasteiger charge is 2.25. The van der Waals surface area contributed by atoms with Crippen molar-refractivity contribution in [3.63, 3.8) is 0 Å². The summed E-state index contributed by atoms with van der Waals surface area (Å²) < 4.78 is 4.78. The van der Waals surface area contributed by atoms with Gasteiger partial charge in [0.1, 0.15) is 13.2 Å². The van der Waals surface area contributed by atoms with Crippen LogP contribution in [-0.4, -0.2) is 85.8 Å². The number of ether oxygens (including phenoxy) is 1. The third-order valence-electron chi connectivity index (χ3n) is 3.74. The Hall–Kier alpha value is -1.18. The van der Waals surface area contributed by atoms with Gasteiger partial charge in [-0.25, -0.2) is 4.79 Å². The Labute approximate surface area is 126 Å². The summed E-state index contributed by atoms with van der Waals surface area (Å²) in [5.41, 5.74) is 0. The monoisotopic (exact) mass is 301 g/mol. The van der Waals surface area contributed by atoms with E-state index in [0.29, 0.717) is 18.5 Å². The van der Waals surface area contributed by atoms with Gasteiger partial charge in [0.15, 0.2) is 0 Å². The van der Waals surface area contributed by atoms with E-state index in [1.54, 1.807) is 0 Å². The summed E-state index contributed by atoms with van der Waals surface area (Å²) in [6.07, 6.45) is 0. The van der Waals surface area contributed by atoms with Crippen LogP contribution in [0.4, 0.5) is 0 Å². The van der Waals surface area contributed by atoms with Gasteiger partial charge in [-0.2, -0.15) is 0 Å². The van der Waals surface area contributed by atoms with E-state index >= 15 is 0 Å². The molecule has 1 aliphatic heterocycles. The zero-order chi connectivity index (χ0) is 15.8. The molecule has 0 bridgehead atoms. The molecule has 0 aliphatic carbocycles. The lowest BCUT2D eigenvalue weighted by Crippen LogP contribution is -2.54. The van der Waals surface area contributed by atoms with E-state index in [9.17, 15) is 9.59 Å². The van der Waals surface area contributed by atoms with Gasteiger partial charge in [-0.15, -0.1) is 0 Å². The molecule has 122 valence electrons. The molecule has 1 fully saturated rings. The van der Waals surface area contributed by atoms with E-state index in [4.69, 9.17) is 9.84 Å². The fourth-order valence-corrected chi connectivity index (χ4v) is 2.44. The average molecular weight is 301 g/mol. The fourth-order valence-electron chi connectivity index (χ4n) is 2.44. The van der Waals surface area contributed by atoms with E-state index in [1.165, 1.54) is 0 Å². The Morgan fingerprint density at radius 1 is 1.19 bits per heavy atom. The molecule has 21 heavy (non-hydrogen) atoms. The van der Waals surface area contributed by atoms with Crippen LogP contribution in [0.3, 0.4) is 0 Å². The molecule has 7 nitrogen and oxygen atoms in total. The summed E-state index contributed by atoms with van der Waals surface area (Å²) in [6.45, 7) is 8.30. The van der Waals surface area contributed by atoms with Crippen LogP contribution < -0.4 is 5.32 Å². The zero-order valence-electron chi connectivity index (χ0n) is 13.2. The maximum absolute atomic E-state index is 11.6. The van der Waals surface area contributed by atoms with Crippen LogP contribution in [0.2, 0.25) is 0 Å². The van der Waals surface area contributed by atoms with Crippen molar-refractivity contribution >= 4 is 11.9 Å². The number of rotatable bonds is 8. The summed E-state index contributed by atoms with van der Waals surface area (Å²) >= 11 is 0. The number of hydrogen-bond donors (Lipinski definition) is 2. The van der Waals surface area contributed by atoms with Gasteiger partial charge < -0.3 is 20.1 Å². The van der Waals surface area contributed by atoms with Gasteiger partial charge in [-0.05, 0) is 13.0 Å². The van der Waals surface area contributed by atoms with Crippen molar-refractivity contribution in [1.29, 1.82) is 0 Å². The summed E-state index contributed by atoms with van der Waals surface area (Å²) in [7, 11) is 2.11. The molecule has 1 heterocycles. The van der Waals surface area contributed by atoms with Crippen molar-refractivity contribution in [3.05, 3.63) is 0 Å². The van der Waals surface area contributed by atoms with Crippen molar-refractivity contribution < 1.29 is 19.4 Å². The molecule has 0 aromatic rings. The Morgan fingerprint density at radius 3 is 2.33 bits per heavy atom. The summed E-state index contributed by atoms with van der Waals surface area (Å²) in [4.78, 5) is 26.6. The first-order chi connectivity index (χ1) is 9.90. The predicted molar refractivity (Wildman–Crippen MR) is 79.2 cm³/mol. The van der Waals surface area contributed by atoms with Crippen LogP contribution in [0.25, 0.3) is 0 Å². The van der Waals surface area contributed by atoms with E-state index in [2.05, 4.69) is 36.0 Å². The summed E-state index contributed by atoms with van der Waals surface area (Å²) in [6, 6.07) is 0.294. The number of piperazine rings is 1. The van der Waals surface area contributed by atoms with Gasteiger partial charge in [-0.3, -0.25) is 9.69 Å². The molecule has 7 heteroatoms. The number of carboxylic acids is 1. The van der Waals surface area contributed by atoms with Crippen LogP contribution >= 0.6 is 0 Å². The minimum absolute atomic E-state index is 0.208. The third-order valence-corrected chi connectivity index (χ3v) is 3.74. The summed E-state index contributed by atoms with van der Waals surface area (Å²) in [5, 5.41) is 11.3. The average Bonchev–Trinajstić information content (AvgIpc) is 2.40. The topological polar surface area (TPSA) is 82.1 Å². The van der Waals surface area contributed by atoms with Crippen LogP contribution in [0, 0.1) is 5.92 Å². The van der Waals surface area contributed by atoms with Crippen molar-refractivity contribution in [1.82, 2.24) is 15.1 Å². The Kier molecular flexibility index (Phi) is 7.63. The Bertz CT molecular complexity index is 341. The van der Waals surface area contributed by atoms with Gasteiger partial charge in [-0.1, -0.05) is 13.8 Å². The molecule has 1 saturated heterocycles. The van der Waals surface area contributed by atoms with E-state index in [0.717, 1.165) is 26.2 Å². The molecule has 0 spiro atoms. The standard InChI is InChI=1S/C14H27N3O4/c1-11(2)12(17-6-4-16(3)5-7-17)8-15-13(18)9-21-10-14(19)20/h11-12H,4-10H2,1-3H3,(H,15,18)(H,19,20). The molecule has 1 unspecified atom stereocenters. The second kappa shape index (κ2) is 8.96. The minimum Gasteiger partial charge on any atom is -0.480 e. The largest absolute Gasteiger partial charge is 0.480 e. The van der Waals surface area contributed by atoms with Crippen molar-refractivity contribution in [2.75, 3.05) is 53.0 Å². The third kappa shape index (κ3) is 6.88. The van der Waals surface area contributed by atoms with Crippen LogP contribution in [0.1, 0.15) is 13.8 Å². The number of likely N-dealkylation sites (N-methyl/N-ethyl adjacent to an activating group) is 1. The second-order valence-electron chi connectivity index (χ2n) is 5.84. The van der Waals surface area contributed by atoms with Gasteiger partial charge in [0.05, 0.1) is 0 Å². The fraction of sp³-hybridized carbons (Fsp3) is 0.857. The first-order valence-corrected chi connectivity index (χ1v) is 7.39. The van der Waals surface area contributed by atoms with E-state index in [1.807, 2.05) is 0 Å². The van der Waals surface area contributed by atoms with Crippen LogP contribution in [0.15, 0.2) is 0 Å². The lowest BCUT2D eigenvalue weighted by molar-refractivity contribution is -0.143. The molecule has 0 aromatic carbocycles. The lowest BCUT2D eigenvalue weighted by Gasteiger charge is -2.39. The number of hydrogen-bond acceptors (Lipinski definition) is 5. The molecule has 1 amide bonds. The van der Waals surface area contributed by atoms with Crippen molar-refractivity contribution in [2.45, 2.75) is 19.9 Å². The summed E-state index contributed by atoms with van der Waals surface area (Å²) in [5.74, 6) is -0.898. The minimum atomic E-state index is -1.07. The molecule has 0 saturated carbocycles. The van der Waals surface area contributed by atoms with Crippen LogP contribution in [-0.2, 0) is 14.3 Å². The molecule has 0 radical (unpaired) electrons. The van der Waals surface area contributed by atoms with Gasteiger partial charge in [0, 0.05) is 38.8 Å². The molecular formula is C14H27N3O4. The second-order valence-corrected chi connectivity index (χ2v) is 5.84. The maximum Gasteiger partial charge on any atom is 0.329 e. The number of carbonyl (C=O) groups excluding carboxylic acids is 1. The number of carbonyl (C=O) groups is 2. The zero-order valence-corrected chi connectivity index (χ0v) is 13.2. The first kappa shape index (κ1) is 17.9. The highest BCUT2D eigenvalue weighted by molar-refractivity contribution is 5.77. The maximum atomic E-state index is 11.6. The lowest BCUT2D eigenvalue weighted by atomic mass is 10.0. The molecule has 2 N–H and O–H groups in total. The Morgan fingerprint density at radius 2 is 1.81 bits per heavy atom. The number of nitrogens with zero attached hydrogens (tertiary/aromatic N) is 2. The normalized spacial score (nSPS) is 18.7. The molecule has 1 atom stereocenters. The number of amides is 1. The molecular weight excluding hydrogens is 274 g/mol. The van der Waals surface area contributed by atoms with Crippen LogP contribution in [0.5, 0.6) is 0 Å². The molecule has 1 rings (SSSR count). The molecule has 1 aliphatic rings. The smallest absolute Gasteiger partial charge is 0.329 e.